The number of hydrogen-bond donors (Lipinski definition) is 1. The average Bonchev–Trinajstić information content (AvgIpc) is 2.92. The fourth-order valence-corrected chi connectivity index (χ4v) is 2.71. The summed E-state index contributed by atoms with van der Waals surface area (Å²) in [5, 5.41) is 3.52. The van der Waals surface area contributed by atoms with E-state index in [-0.39, 0.29) is 24.0 Å². The number of aliphatic imine (C=N–C) groups is 1. The smallest absolute Gasteiger partial charge is 0.193 e. The van der Waals surface area contributed by atoms with Crippen molar-refractivity contribution in [1.29, 1.82) is 0 Å². The SMILES string of the molecule is CN=C(NCC1CCCN1C)N1CCCC1.I. The van der Waals surface area contributed by atoms with Gasteiger partial charge in [-0.3, -0.25) is 4.99 Å². The van der Waals surface area contributed by atoms with E-state index in [1.807, 2.05) is 7.05 Å². The van der Waals surface area contributed by atoms with Gasteiger partial charge >= 0.3 is 0 Å². The minimum Gasteiger partial charge on any atom is -0.355 e. The Kier molecular flexibility index (Phi) is 6.54. The molecular weight excluding hydrogens is 327 g/mol. The summed E-state index contributed by atoms with van der Waals surface area (Å²) in [4.78, 5) is 9.19. The molecule has 2 rings (SSSR count). The second kappa shape index (κ2) is 7.41. The van der Waals surface area contributed by atoms with Gasteiger partial charge in [0, 0.05) is 32.7 Å². The van der Waals surface area contributed by atoms with E-state index in [1.165, 1.54) is 45.3 Å². The summed E-state index contributed by atoms with van der Waals surface area (Å²) in [7, 11) is 4.11. The summed E-state index contributed by atoms with van der Waals surface area (Å²) >= 11 is 0. The highest BCUT2D eigenvalue weighted by Crippen LogP contribution is 2.14. The van der Waals surface area contributed by atoms with Gasteiger partial charge in [-0.2, -0.15) is 0 Å². The van der Waals surface area contributed by atoms with E-state index in [4.69, 9.17) is 0 Å². The Labute approximate surface area is 122 Å². The molecular formula is C12H25IN4. The molecule has 0 aromatic rings. The highest BCUT2D eigenvalue weighted by atomic mass is 127. The Hall–Kier alpha value is -0.0400. The predicted octanol–water partition coefficient (Wildman–Crippen LogP) is 1.37. The number of likely N-dealkylation sites (tertiary alicyclic amines) is 2. The van der Waals surface area contributed by atoms with Gasteiger partial charge in [0.2, 0.25) is 0 Å². The molecule has 1 atom stereocenters. The molecule has 0 aromatic carbocycles. The zero-order valence-electron chi connectivity index (χ0n) is 11.0. The molecule has 0 bridgehead atoms. The third kappa shape index (κ3) is 3.98. The molecule has 2 aliphatic heterocycles. The van der Waals surface area contributed by atoms with Gasteiger partial charge < -0.3 is 15.1 Å². The molecule has 2 saturated heterocycles. The Morgan fingerprint density at radius 2 is 1.94 bits per heavy atom. The summed E-state index contributed by atoms with van der Waals surface area (Å²) in [6.45, 7) is 4.62. The molecule has 2 heterocycles. The van der Waals surface area contributed by atoms with E-state index in [0.717, 1.165) is 12.5 Å². The van der Waals surface area contributed by atoms with Gasteiger partial charge in [-0.25, -0.2) is 0 Å². The van der Waals surface area contributed by atoms with Crippen LogP contribution in [0.2, 0.25) is 0 Å². The number of nitrogens with zero attached hydrogens (tertiary/aromatic N) is 3. The van der Waals surface area contributed by atoms with Crippen molar-refractivity contribution in [2.45, 2.75) is 31.7 Å². The lowest BCUT2D eigenvalue weighted by Gasteiger charge is -2.25. The first-order valence-corrected chi connectivity index (χ1v) is 6.47. The molecule has 0 spiro atoms. The van der Waals surface area contributed by atoms with Crippen LogP contribution in [0.3, 0.4) is 0 Å². The first kappa shape index (κ1) is 15.0. The Morgan fingerprint density at radius 1 is 1.24 bits per heavy atom. The molecule has 0 saturated carbocycles. The van der Waals surface area contributed by atoms with Crippen molar-refractivity contribution in [2.24, 2.45) is 4.99 Å². The van der Waals surface area contributed by atoms with Crippen LogP contribution < -0.4 is 5.32 Å². The van der Waals surface area contributed by atoms with E-state index >= 15 is 0 Å². The van der Waals surface area contributed by atoms with Crippen molar-refractivity contribution in [3.05, 3.63) is 0 Å². The Bertz CT molecular complexity index is 251. The van der Waals surface area contributed by atoms with E-state index in [1.54, 1.807) is 0 Å². The van der Waals surface area contributed by atoms with E-state index in [0.29, 0.717) is 6.04 Å². The summed E-state index contributed by atoms with van der Waals surface area (Å²) in [6.07, 6.45) is 5.28. The lowest BCUT2D eigenvalue weighted by atomic mass is 10.2. The normalized spacial score (nSPS) is 26.1. The third-order valence-electron chi connectivity index (χ3n) is 3.78. The quantitative estimate of drug-likeness (QED) is 0.463. The Morgan fingerprint density at radius 3 is 2.47 bits per heavy atom. The van der Waals surface area contributed by atoms with Crippen LogP contribution in [-0.2, 0) is 0 Å². The van der Waals surface area contributed by atoms with Crippen molar-refractivity contribution in [1.82, 2.24) is 15.1 Å². The van der Waals surface area contributed by atoms with Crippen LogP contribution in [0.1, 0.15) is 25.7 Å². The Balaban J connectivity index is 0.00000144. The zero-order valence-corrected chi connectivity index (χ0v) is 13.3. The minimum atomic E-state index is 0. The van der Waals surface area contributed by atoms with Crippen LogP contribution in [0.5, 0.6) is 0 Å². The maximum atomic E-state index is 4.37. The third-order valence-corrected chi connectivity index (χ3v) is 3.78. The van der Waals surface area contributed by atoms with Crippen LogP contribution in [0.4, 0.5) is 0 Å². The molecule has 100 valence electrons. The number of likely N-dealkylation sites (N-methyl/N-ethyl adjacent to an activating group) is 1. The summed E-state index contributed by atoms with van der Waals surface area (Å²) in [5.41, 5.74) is 0. The molecule has 0 radical (unpaired) electrons. The van der Waals surface area contributed by atoms with Crippen LogP contribution in [0.15, 0.2) is 4.99 Å². The molecule has 1 unspecified atom stereocenters. The van der Waals surface area contributed by atoms with Gasteiger partial charge in [-0.1, -0.05) is 0 Å². The van der Waals surface area contributed by atoms with Crippen molar-refractivity contribution < 1.29 is 0 Å². The van der Waals surface area contributed by atoms with E-state index < -0.39 is 0 Å². The lowest BCUT2D eigenvalue weighted by Crippen LogP contribution is -2.45. The van der Waals surface area contributed by atoms with Crippen molar-refractivity contribution >= 4 is 29.9 Å². The largest absolute Gasteiger partial charge is 0.355 e. The van der Waals surface area contributed by atoms with Gasteiger partial charge in [0.05, 0.1) is 0 Å². The standard InChI is InChI=1S/C12H24N4.HI/c1-13-12(16-8-3-4-9-16)14-10-11-6-5-7-15(11)2;/h11H,3-10H2,1-2H3,(H,13,14);1H. The molecule has 17 heavy (non-hydrogen) atoms. The molecule has 1 N–H and O–H groups in total. The van der Waals surface area contributed by atoms with Crippen LogP contribution in [0.25, 0.3) is 0 Å². The fourth-order valence-electron chi connectivity index (χ4n) is 2.71. The maximum absolute atomic E-state index is 4.37. The minimum absolute atomic E-state index is 0. The highest BCUT2D eigenvalue weighted by Gasteiger charge is 2.22. The lowest BCUT2D eigenvalue weighted by molar-refractivity contribution is 0.307. The zero-order chi connectivity index (χ0) is 11.4. The van der Waals surface area contributed by atoms with Gasteiger partial charge in [0.1, 0.15) is 0 Å². The van der Waals surface area contributed by atoms with E-state index in [9.17, 15) is 0 Å². The highest BCUT2D eigenvalue weighted by molar-refractivity contribution is 14.0. The molecule has 0 aromatic heterocycles. The van der Waals surface area contributed by atoms with Gasteiger partial charge in [0.15, 0.2) is 5.96 Å². The summed E-state index contributed by atoms with van der Waals surface area (Å²) < 4.78 is 0. The van der Waals surface area contributed by atoms with Crippen molar-refractivity contribution in [3.63, 3.8) is 0 Å². The van der Waals surface area contributed by atoms with Crippen molar-refractivity contribution in [2.75, 3.05) is 40.3 Å². The molecule has 0 amide bonds. The van der Waals surface area contributed by atoms with Gasteiger partial charge in [-0.05, 0) is 39.3 Å². The molecule has 5 heteroatoms. The van der Waals surface area contributed by atoms with Crippen molar-refractivity contribution in [3.8, 4) is 0 Å². The number of hydrogen-bond acceptors (Lipinski definition) is 2. The summed E-state index contributed by atoms with van der Waals surface area (Å²) in [5.74, 6) is 1.10. The molecule has 2 fully saturated rings. The van der Waals surface area contributed by atoms with E-state index in [2.05, 4.69) is 27.2 Å². The number of guanidine groups is 1. The average molecular weight is 352 g/mol. The fraction of sp³-hybridized carbons (Fsp3) is 0.917. The first-order chi connectivity index (χ1) is 7.81. The monoisotopic (exact) mass is 352 g/mol. The maximum Gasteiger partial charge on any atom is 0.193 e. The molecule has 0 aliphatic carbocycles. The number of halogens is 1. The summed E-state index contributed by atoms with van der Waals surface area (Å²) in [6, 6.07) is 0.694. The number of nitrogens with one attached hydrogen (secondary N) is 1. The topological polar surface area (TPSA) is 30.9 Å². The predicted molar refractivity (Wildman–Crippen MR) is 83.2 cm³/mol. The molecule has 2 aliphatic rings. The van der Waals surface area contributed by atoms with Crippen LogP contribution in [0, 0.1) is 0 Å². The van der Waals surface area contributed by atoms with Crippen LogP contribution >= 0.6 is 24.0 Å². The van der Waals surface area contributed by atoms with Gasteiger partial charge in [0.25, 0.3) is 0 Å². The first-order valence-electron chi connectivity index (χ1n) is 6.47. The molecule has 4 nitrogen and oxygen atoms in total. The second-order valence-corrected chi connectivity index (χ2v) is 4.90. The number of rotatable bonds is 2. The van der Waals surface area contributed by atoms with Gasteiger partial charge in [-0.15, -0.1) is 24.0 Å². The second-order valence-electron chi connectivity index (χ2n) is 4.90. The van der Waals surface area contributed by atoms with Crippen LogP contribution in [-0.4, -0.2) is 62.1 Å².